The molecule has 0 saturated heterocycles. The number of rotatable bonds is 13. The Morgan fingerprint density at radius 3 is 1.05 bits per heavy atom. The smallest absolute Gasteiger partial charge is 0.240 e. The molecule has 0 aliphatic heterocycles. The standard InChI is InChI=1S/C30H32N2O6S2/c33-29(27(21-23-13-5-1-6-14-23)31-39(35,36)25-17-9-3-10-18-25)30(34)28(22-24-15-7-2-8-16-24)32-40(37,38)26-19-11-4-12-20-26/h1-20,27-34H,21-22H2. The average molecular weight is 581 g/mol. The van der Waals surface area contributed by atoms with E-state index in [1.807, 2.05) is 12.1 Å². The Balaban J connectivity index is 1.66. The molecule has 0 aliphatic rings. The Hall–Kier alpha value is -3.38. The summed E-state index contributed by atoms with van der Waals surface area (Å²) >= 11 is 0. The van der Waals surface area contributed by atoms with Crippen molar-refractivity contribution in [3.63, 3.8) is 0 Å². The number of sulfonamides is 2. The number of aliphatic hydroxyl groups is 2. The third kappa shape index (κ3) is 7.85. The monoisotopic (exact) mass is 580 g/mol. The Morgan fingerprint density at radius 2 is 0.750 bits per heavy atom. The van der Waals surface area contributed by atoms with Crippen molar-refractivity contribution in [3.05, 3.63) is 132 Å². The van der Waals surface area contributed by atoms with Crippen LogP contribution in [-0.4, -0.2) is 51.3 Å². The molecule has 8 nitrogen and oxygen atoms in total. The van der Waals surface area contributed by atoms with Gasteiger partial charge in [-0.2, -0.15) is 0 Å². The van der Waals surface area contributed by atoms with Gasteiger partial charge in [-0.25, -0.2) is 26.3 Å². The van der Waals surface area contributed by atoms with Crippen molar-refractivity contribution in [1.82, 2.24) is 9.44 Å². The van der Waals surface area contributed by atoms with Gasteiger partial charge in [-0.15, -0.1) is 0 Å². The van der Waals surface area contributed by atoms with Crippen molar-refractivity contribution in [2.75, 3.05) is 0 Å². The van der Waals surface area contributed by atoms with E-state index in [2.05, 4.69) is 9.44 Å². The van der Waals surface area contributed by atoms with Gasteiger partial charge in [-0.3, -0.25) is 0 Å². The summed E-state index contributed by atoms with van der Waals surface area (Å²) in [7, 11) is -8.16. The van der Waals surface area contributed by atoms with Gasteiger partial charge in [0.1, 0.15) is 0 Å². The largest absolute Gasteiger partial charge is 0.389 e. The Bertz CT molecular complexity index is 1430. The van der Waals surface area contributed by atoms with E-state index in [9.17, 15) is 27.0 Å². The van der Waals surface area contributed by atoms with Crippen LogP contribution in [0.15, 0.2) is 131 Å². The van der Waals surface area contributed by atoms with Crippen LogP contribution in [0.2, 0.25) is 0 Å². The minimum atomic E-state index is -4.08. The first-order chi connectivity index (χ1) is 19.2. The van der Waals surface area contributed by atoms with Gasteiger partial charge in [-0.1, -0.05) is 97.1 Å². The molecule has 0 bridgehead atoms. The first-order valence-electron chi connectivity index (χ1n) is 12.7. The zero-order valence-electron chi connectivity index (χ0n) is 21.6. The Labute approximate surface area is 235 Å². The highest BCUT2D eigenvalue weighted by molar-refractivity contribution is 7.89. The van der Waals surface area contributed by atoms with E-state index >= 15 is 0 Å². The molecule has 0 fully saturated rings. The first kappa shape index (κ1) is 29.6. The summed E-state index contributed by atoms with van der Waals surface area (Å²) < 4.78 is 58.0. The van der Waals surface area contributed by atoms with Crippen LogP contribution in [0, 0.1) is 0 Å². The molecule has 4 unspecified atom stereocenters. The summed E-state index contributed by atoms with van der Waals surface area (Å²) in [5, 5.41) is 22.9. The van der Waals surface area contributed by atoms with Gasteiger partial charge in [0.05, 0.1) is 34.1 Å². The quantitative estimate of drug-likeness (QED) is 0.192. The van der Waals surface area contributed by atoms with Gasteiger partial charge in [-0.05, 0) is 48.2 Å². The second kappa shape index (κ2) is 13.3. The van der Waals surface area contributed by atoms with E-state index < -0.39 is 44.3 Å². The van der Waals surface area contributed by atoms with Crippen LogP contribution in [0.25, 0.3) is 0 Å². The maximum Gasteiger partial charge on any atom is 0.240 e. The number of hydrogen-bond acceptors (Lipinski definition) is 6. The average Bonchev–Trinajstić information content (AvgIpc) is 2.97. The predicted molar refractivity (Wildman–Crippen MR) is 153 cm³/mol. The lowest BCUT2D eigenvalue weighted by Gasteiger charge is -2.33. The van der Waals surface area contributed by atoms with Crippen LogP contribution >= 0.6 is 0 Å². The number of nitrogens with one attached hydrogen (secondary N) is 2. The fraction of sp³-hybridized carbons (Fsp3) is 0.200. The molecule has 4 atom stereocenters. The lowest BCUT2D eigenvalue weighted by Crippen LogP contribution is -2.57. The van der Waals surface area contributed by atoms with E-state index in [0.717, 1.165) is 11.1 Å². The lowest BCUT2D eigenvalue weighted by atomic mass is 9.92. The van der Waals surface area contributed by atoms with Gasteiger partial charge >= 0.3 is 0 Å². The fourth-order valence-electron chi connectivity index (χ4n) is 4.41. The summed E-state index contributed by atoms with van der Waals surface area (Å²) in [6.45, 7) is 0. The molecule has 0 heterocycles. The van der Waals surface area contributed by atoms with Gasteiger partial charge in [0.25, 0.3) is 0 Å². The minimum Gasteiger partial charge on any atom is -0.389 e. The molecule has 0 amide bonds. The molecule has 4 rings (SSSR count). The van der Waals surface area contributed by atoms with Crippen LogP contribution in [0.5, 0.6) is 0 Å². The Morgan fingerprint density at radius 1 is 0.475 bits per heavy atom. The molecular weight excluding hydrogens is 548 g/mol. The third-order valence-electron chi connectivity index (χ3n) is 6.49. The molecule has 210 valence electrons. The van der Waals surface area contributed by atoms with Crippen molar-refractivity contribution in [1.29, 1.82) is 0 Å². The van der Waals surface area contributed by atoms with Crippen molar-refractivity contribution in [2.45, 2.75) is 46.9 Å². The number of benzene rings is 4. The van der Waals surface area contributed by atoms with Gasteiger partial charge in [0.2, 0.25) is 20.0 Å². The molecule has 4 aromatic carbocycles. The fourth-order valence-corrected chi connectivity index (χ4v) is 6.96. The highest BCUT2D eigenvalue weighted by atomic mass is 32.2. The van der Waals surface area contributed by atoms with E-state index in [1.54, 1.807) is 84.9 Å². The second-order valence-electron chi connectivity index (χ2n) is 9.44. The molecule has 0 aliphatic carbocycles. The summed E-state index contributed by atoms with van der Waals surface area (Å²) in [6, 6.07) is 30.9. The van der Waals surface area contributed by atoms with Crippen molar-refractivity contribution < 1.29 is 27.0 Å². The highest BCUT2D eigenvalue weighted by Gasteiger charge is 2.37. The molecule has 10 heteroatoms. The van der Waals surface area contributed by atoms with Crippen LogP contribution in [0.3, 0.4) is 0 Å². The zero-order chi connectivity index (χ0) is 28.6. The second-order valence-corrected chi connectivity index (χ2v) is 12.9. The van der Waals surface area contributed by atoms with Crippen molar-refractivity contribution in [2.24, 2.45) is 0 Å². The maximum absolute atomic E-state index is 13.2. The molecule has 0 spiro atoms. The molecule has 0 radical (unpaired) electrons. The zero-order valence-corrected chi connectivity index (χ0v) is 23.2. The lowest BCUT2D eigenvalue weighted by molar-refractivity contribution is -0.0158. The van der Waals surface area contributed by atoms with Crippen molar-refractivity contribution in [3.8, 4) is 0 Å². The van der Waals surface area contributed by atoms with E-state index in [-0.39, 0.29) is 22.6 Å². The van der Waals surface area contributed by atoms with E-state index in [4.69, 9.17) is 0 Å². The number of hydrogen-bond donors (Lipinski definition) is 4. The summed E-state index contributed by atoms with van der Waals surface area (Å²) in [4.78, 5) is 0.000680. The minimum absolute atomic E-state index is 0.000340. The molecule has 4 N–H and O–H groups in total. The molecule has 0 saturated carbocycles. The molecular formula is C30H32N2O6S2. The normalized spacial score (nSPS) is 15.2. The molecule has 4 aromatic rings. The van der Waals surface area contributed by atoms with Crippen molar-refractivity contribution >= 4 is 20.0 Å². The van der Waals surface area contributed by atoms with Crippen LogP contribution in [-0.2, 0) is 32.9 Å². The third-order valence-corrected chi connectivity index (χ3v) is 9.50. The predicted octanol–water partition coefficient (Wildman–Crippen LogP) is 2.89. The van der Waals surface area contributed by atoms with Gasteiger partial charge in [0.15, 0.2) is 0 Å². The van der Waals surface area contributed by atoms with E-state index in [1.165, 1.54) is 24.3 Å². The van der Waals surface area contributed by atoms with Gasteiger partial charge < -0.3 is 10.2 Å². The SMILES string of the molecule is O=S(=O)(NC(Cc1ccccc1)C(O)C(O)C(Cc1ccccc1)NS(=O)(=O)c1ccccc1)c1ccccc1. The maximum atomic E-state index is 13.2. The summed E-state index contributed by atoms with van der Waals surface area (Å²) in [5.74, 6) is 0. The topological polar surface area (TPSA) is 133 Å². The highest BCUT2D eigenvalue weighted by Crippen LogP contribution is 2.19. The van der Waals surface area contributed by atoms with Crippen LogP contribution < -0.4 is 9.44 Å². The van der Waals surface area contributed by atoms with Crippen LogP contribution in [0.1, 0.15) is 11.1 Å². The molecule has 0 aromatic heterocycles. The summed E-state index contributed by atoms with van der Waals surface area (Å²) in [5.41, 5.74) is 1.44. The van der Waals surface area contributed by atoms with Crippen LogP contribution in [0.4, 0.5) is 0 Å². The number of aliphatic hydroxyl groups excluding tert-OH is 2. The van der Waals surface area contributed by atoms with E-state index in [0.29, 0.717) is 0 Å². The Kier molecular flexibility index (Phi) is 9.85. The summed E-state index contributed by atoms with van der Waals surface area (Å²) in [6.07, 6.45) is -3.25. The molecule has 40 heavy (non-hydrogen) atoms. The van der Waals surface area contributed by atoms with Gasteiger partial charge in [0, 0.05) is 0 Å². The first-order valence-corrected chi connectivity index (χ1v) is 15.7.